The molecule has 14 heteroatoms. The van der Waals surface area contributed by atoms with Crippen molar-refractivity contribution in [3.05, 3.63) is 80.7 Å². The highest BCUT2D eigenvalue weighted by molar-refractivity contribution is 5.74. The fraction of sp³-hybridized carbons (Fsp3) is 0.0588. The maximum Gasteiger partial charge on any atom is 0.416 e. The largest absolute Gasteiger partial charge is 0.416 e. The minimum Gasteiger partial charge on any atom is -0.334 e. The van der Waals surface area contributed by atoms with E-state index < -0.39 is 27.3 Å². The summed E-state index contributed by atoms with van der Waals surface area (Å²) in [5.74, 6) is -0.625. The van der Waals surface area contributed by atoms with Gasteiger partial charge < -0.3 is 5.32 Å². The summed E-state index contributed by atoms with van der Waals surface area (Å²) in [6, 6.07) is 9.25. The molecule has 0 aliphatic heterocycles. The Balaban J connectivity index is 1.84. The van der Waals surface area contributed by atoms with Crippen LogP contribution in [0.5, 0.6) is 0 Å². The van der Waals surface area contributed by atoms with Crippen molar-refractivity contribution in [3.8, 4) is 0 Å². The summed E-state index contributed by atoms with van der Waals surface area (Å²) in [7, 11) is 0. The number of nitrogens with zero attached hydrogens (tertiary/aromatic N) is 4. The van der Waals surface area contributed by atoms with E-state index >= 15 is 0 Å². The van der Waals surface area contributed by atoms with E-state index in [1.54, 1.807) is 0 Å². The lowest BCUT2D eigenvalue weighted by Crippen LogP contribution is -2.13. The summed E-state index contributed by atoms with van der Waals surface area (Å²) in [6.45, 7) is 0. The molecule has 31 heavy (non-hydrogen) atoms. The van der Waals surface area contributed by atoms with Crippen LogP contribution in [0.25, 0.3) is 0 Å². The van der Waals surface area contributed by atoms with Crippen molar-refractivity contribution in [2.24, 2.45) is 0 Å². The van der Waals surface area contributed by atoms with E-state index in [4.69, 9.17) is 0 Å². The number of alkyl halides is 3. The van der Waals surface area contributed by atoms with Crippen LogP contribution < -0.4 is 16.2 Å². The second-order valence-electron chi connectivity index (χ2n) is 5.93. The molecule has 0 spiro atoms. The van der Waals surface area contributed by atoms with E-state index in [0.717, 1.165) is 24.5 Å². The van der Waals surface area contributed by atoms with E-state index in [1.807, 2.05) is 0 Å². The molecule has 0 bridgehead atoms. The fourth-order valence-electron chi connectivity index (χ4n) is 2.44. The Morgan fingerprint density at radius 1 is 0.839 bits per heavy atom. The first-order valence-corrected chi connectivity index (χ1v) is 8.35. The molecule has 0 saturated carbocycles. The van der Waals surface area contributed by atoms with Crippen LogP contribution in [0.1, 0.15) is 5.56 Å². The van der Waals surface area contributed by atoms with Crippen LogP contribution in [0.3, 0.4) is 0 Å². The number of nitro benzene ring substituents is 1. The summed E-state index contributed by atoms with van der Waals surface area (Å²) < 4.78 is 38.7. The zero-order valence-electron chi connectivity index (χ0n) is 15.3. The number of non-ortho nitro benzene ring substituents is 1. The molecule has 3 rings (SSSR count). The van der Waals surface area contributed by atoms with Gasteiger partial charge in [0.05, 0.1) is 21.1 Å². The summed E-state index contributed by atoms with van der Waals surface area (Å²) in [5.41, 5.74) is 3.65. The van der Waals surface area contributed by atoms with E-state index in [0.29, 0.717) is 5.69 Å². The zero-order chi connectivity index (χ0) is 22.6. The van der Waals surface area contributed by atoms with Gasteiger partial charge in [0, 0.05) is 17.8 Å². The first kappa shape index (κ1) is 21.2. The third kappa shape index (κ3) is 5.11. The molecular formula is C17H12F3N7O4. The number of hydrazine groups is 1. The van der Waals surface area contributed by atoms with Crippen molar-refractivity contribution in [1.29, 1.82) is 0 Å². The van der Waals surface area contributed by atoms with Crippen molar-refractivity contribution in [2.75, 3.05) is 16.2 Å². The van der Waals surface area contributed by atoms with Gasteiger partial charge in [-0.25, -0.2) is 9.97 Å². The van der Waals surface area contributed by atoms with Gasteiger partial charge in [-0.05, 0) is 30.3 Å². The lowest BCUT2D eigenvalue weighted by Gasteiger charge is -2.12. The summed E-state index contributed by atoms with van der Waals surface area (Å²) in [4.78, 5) is 28.4. The summed E-state index contributed by atoms with van der Waals surface area (Å²) in [5, 5.41) is 24.7. The number of hydrogen-bond acceptors (Lipinski definition) is 9. The second-order valence-corrected chi connectivity index (χ2v) is 5.93. The quantitative estimate of drug-likeness (QED) is 0.360. The molecule has 1 aromatic heterocycles. The Hall–Kier alpha value is -4.49. The topological polar surface area (TPSA) is 148 Å². The van der Waals surface area contributed by atoms with Gasteiger partial charge in [-0.15, -0.1) is 0 Å². The SMILES string of the molecule is O=[N+]([O-])c1ccc(NNc2ncnc(Nc3cccc(C(F)(F)F)c3)c2[N+](=O)[O-])cc1. The monoisotopic (exact) mass is 435 g/mol. The average molecular weight is 435 g/mol. The molecule has 1 heterocycles. The lowest BCUT2D eigenvalue weighted by atomic mass is 10.2. The van der Waals surface area contributed by atoms with Crippen LogP contribution in [0, 0.1) is 20.2 Å². The number of benzene rings is 2. The minimum atomic E-state index is -4.59. The smallest absolute Gasteiger partial charge is 0.334 e. The molecule has 11 nitrogen and oxygen atoms in total. The number of nitrogens with one attached hydrogen (secondary N) is 3. The molecule has 0 amide bonds. The molecule has 0 atom stereocenters. The predicted octanol–water partition coefficient (Wildman–Crippen LogP) is 4.49. The molecule has 0 radical (unpaired) electrons. The first-order chi connectivity index (χ1) is 14.6. The van der Waals surface area contributed by atoms with Gasteiger partial charge in [0.1, 0.15) is 6.33 Å². The molecule has 0 saturated heterocycles. The molecular weight excluding hydrogens is 423 g/mol. The van der Waals surface area contributed by atoms with Crippen molar-refractivity contribution >= 4 is 34.4 Å². The van der Waals surface area contributed by atoms with Crippen LogP contribution in [-0.4, -0.2) is 19.8 Å². The third-order valence-electron chi connectivity index (χ3n) is 3.86. The second kappa shape index (κ2) is 8.48. The maximum atomic E-state index is 12.9. The predicted molar refractivity (Wildman–Crippen MR) is 104 cm³/mol. The zero-order valence-corrected chi connectivity index (χ0v) is 15.3. The molecule has 160 valence electrons. The van der Waals surface area contributed by atoms with E-state index in [9.17, 15) is 33.4 Å². The van der Waals surface area contributed by atoms with Gasteiger partial charge >= 0.3 is 11.9 Å². The number of hydrogen-bond donors (Lipinski definition) is 3. The highest BCUT2D eigenvalue weighted by Crippen LogP contribution is 2.34. The molecule has 2 aromatic carbocycles. The highest BCUT2D eigenvalue weighted by atomic mass is 19.4. The Morgan fingerprint density at radius 3 is 2.13 bits per heavy atom. The van der Waals surface area contributed by atoms with Crippen molar-refractivity contribution in [1.82, 2.24) is 9.97 Å². The average Bonchev–Trinajstić information content (AvgIpc) is 2.72. The molecule has 0 aliphatic carbocycles. The van der Waals surface area contributed by atoms with Crippen LogP contribution in [0.15, 0.2) is 54.9 Å². The molecule has 0 fully saturated rings. The van der Waals surface area contributed by atoms with E-state index in [1.165, 1.54) is 30.3 Å². The minimum absolute atomic E-state index is 0.0640. The fourth-order valence-corrected chi connectivity index (χ4v) is 2.44. The number of nitro groups is 2. The Labute approximate surface area is 171 Å². The Morgan fingerprint density at radius 2 is 1.52 bits per heavy atom. The van der Waals surface area contributed by atoms with Crippen LogP contribution >= 0.6 is 0 Å². The number of aromatic nitrogens is 2. The van der Waals surface area contributed by atoms with Crippen molar-refractivity contribution in [2.45, 2.75) is 6.18 Å². The summed E-state index contributed by atoms with van der Waals surface area (Å²) in [6.07, 6.45) is -3.61. The standard InChI is InChI=1S/C17H12F3N7O4/c18-17(19,20)10-2-1-3-12(8-10)23-15-14(27(30)31)16(22-9-21-15)25-24-11-4-6-13(7-5-11)26(28)29/h1-9,24H,(H2,21,22,23,25). The lowest BCUT2D eigenvalue weighted by molar-refractivity contribution is -0.384. The maximum absolute atomic E-state index is 12.9. The van der Waals surface area contributed by atoms with Crippen LogP contribution in [-0.2, 0) is 6.18 Å². The molecule has 0 unspecified atom stereocenters. The number of anilines is 4. The molecule has 3 N–H and O–H groups in total. The van der Waals surface area contributed by atoms with E-state index in [-0.39, 0.29) is 23.0 Å². The molecule has 3 aromatic rings. The number of rotatable bonds is 7. The van der Waals surface area contributed by atoms with Crippen molar-refractivity contribution in [3.63, 3.8) is 0 Å². The van der Waals surface area contributed by atoms with Gasteiger partial charge in [0.15, 0.2) is 0 Å². The highest BCUT2D eigenvalue weighted by Gasteiger charge is 2.31. The molecule has 0 aliphatic rings. The van der Waals surface area contributed by atoms with Gasteiger partial charge in [-0.2, -0.15) is 13.2 Å². The van der Waals surface area contributed by atoms with E-state index in [2.05, 4.69) is 26.1 Å². The van der Waals surface area contributed by atoms with Crippen LogP contribution in [0.2, 0.25) is 0 Å². The Kier molecular flexibility index (Phi) is 5.81. The van der Waals surface area contributed by atoms with Gasteiger partial charge in [0.25, 0.3) is 5.69 Å². The van der Waals surface area contributed by atoms with Gasteiger partial charge in [-0.3, -0.25) is 31.1 Å². The first-order valence-electron chi connectivity index (χ1n) is 8.35. The number of halogens is 3. The van der Waals surface area contributed by atoms with Gasteiger partial charge in [-0.1, -0.05) is 6.07 Å². The van der Waals surface area contributed by atoms with Gasteiger partial charge in [0.2, 0.25) is 11.6 Å². The summed E-state index contributed by atoms with van der Waals surface area (Å²) >= 11 is 0. The van der Waals surface area contributed by atoms with Crippen LogP contribution in [0.4, 0.5) is 47.6 Å². The normalized spacial score (nSPS) is 10.9. The Bertz CT molecular complexity index is 1120. The third-order valence-corrected chi connectivity index (χ3v) is 3.86. The van der Waals surface area contributed by atoms with Crippen molar-refractivity contribution < 1.29 is 23.0 Å².